The first-order chi connectivity index (χ1) is 10.1. The first-order valence-corrected chi connectivity index (χ1v) is 6.67. The van der Waals surface area contributed by atoms with Crippen molar-refractivity contribution in [2.75, 3.05) is 11.9 Å². The molecule has 2 rings (SSSR count). The van der Waals surface area contributed by atoms with Gasteiger partial charge >= 0.3 is 6.61 Å². The van der Waals surface area contributed by atoms with Crippen LogP contribution in [0.15, 0.2) is 48.5 Å². The van der Waals surface area contributed by atoms with Crippen molar-refractivity contribution in [3.05, 3.63) is 59.9 Å². The number of nitrogens with one attached hydrogen (secondary N) is 1. The molecule has 0 aliphatic carbocycles. The Kier molecular flexibility index (Phi) is 5.49. The molecule has 2 aromatic rings. The fourth-order valence-electron chi connectivity index (χ4n) is 1.97. The second-order valence-corrected chi connectivity index (χ2v) is 4.54. The van der Waals surface area contributed by atoms with E-state index in [0.717, 1.165) is 18.9 Å². The van der Waals surface area contributed by atoms with E-state index in [1.54, 1.807) is 0 Å². The number of hydrogen-bond donors (Lipinski definition) is 1. The molecule has 0 radical (unpaired) electrons. The third-order valence-electron chi connectivity index (χ3n) is 2.96. The molecular weight excluding hydrogens is 279 g/mol. The summed E-state index contributed by atoms with van der Waals surface area (Å²) in [4.78, 5) is 0. The van der Waals surface area contributed by atoms with Crippen molar-refractivity contribution in [2.45, 2.75) is 19.5 Å². The summed E-state index contributed by atoms with van der Waals surface area (Å²) in [6, 6.07) is 13.9. The van der Waals surface area contributed by atoms with E-state index in [-0.39, 0.29) is 0 Å². The fraction of sp³-hybridized carbons (Fsp3) is 0.250. The second-order valence-electron chi connectivity index (χ2n) is 4.54. The zero-order chi connectivity index (χ0) is 15.1. The topological polar surface area (TPSA) is 21.3 Å². The van der Waals surface area contributed by atoms with Crippen LogP contribution in [0.1, 0.15) is 12.0 Å². The van der Waals surface area contributed by atoms with Crippen LogP contribution in [-0.2, 0) is 6.42 Å². The average molecular weight is 295 g/mol. The van der Waals surface area contributed by atoms with Gasteiger partial charge in [0.15, 0.2) is 11.6 Å². The Morgan fingerprint density at radius 2 is 1.81 bits per heavy atom. The molecule has 2 nitrogen and oxygen atoms in total. The van der Waals surface area contributed by atoms with E-state index in [1.165, 1.54) is 17.7 Å². The third-order valence-corrected chi connectivity index (χ3v) is 2.96. The molecular formula is C16H16F3NO. The number of hydrogen-bond acceptors (Lipinski definition) is 2. The van der Waals surface area contributed by atoms with Crippen molar-refractivity contribution in [1.82, 2.24) is 0 Å². The van der Waals surface area contributed by atoms with E-state index >= 15 is 0 Å². The van der Waals surface area contributed by atoms with Gasteiger partial charge < -0.3 is 10.1 Å². The van der Waals surface area contributed by atoms with Crippen LogP contribution >= 0.6 is 0 Å². The molecule has 2 aromatic carbocycles. The minimum atomic E-state index is -3.02. The third kappa shape index (κ3) is 5.02. The van der Waals surface area contributed by atoms with Crippen molar-refractivity contribution in [3.8, 4) is 5.75 Å². The maximum atomic E-state index is 13.5. The van der Waals surface area contributed by atoms with Crippen molar-refractivity contribution in [2.24, 2.45) is 0 Å². The van der Waals surface area contributed by atoms with Gasteiger partial charge in [0, 0.05) is 18.3 Å². The number of aryl methyl sites for hydroxylation is 1. The smallest absolute Gasteiger partial charge is 0.387 e. The van der Waals surface area contributed by atoms with Gasteiger partial charge in [-0.1, -0.05) is 30.3 Å². The lowest BCUT2D eigenvalue weighted by atomic mass is 10.1. The first kappa shape index (κ1) is 15.2. The SMILES string of the molecule is Fc1cc(NCCCc2ccccc2)ccc1OC(F)F. The molecule has 112 valence electrons. The highest BCUT2D eigenvalue weighted by Gasteiger charge is 2.09. The molecule has 0 amide bonds. The van der Waals surface area contributed by atoms with E-state index in [2.05, 4.69) is 22.2 Å². The summed E-state index contributed by atoms with van der Waals surface area (Å²) < 4.78 is 41.5. The molecule has 0 fully saturated rings. The summed E-state index contributed by atoms with van der Waals surface area (Å²) in [5, 5.41) is 3.05. The van der Waals surface area contributed by atoms with Crippen molar-refractivity contribution < 1.29 is 17.9 Å². The van der Waals surface area contributed by atoms with Crippen molar-refractivity contribution in [1.29, 1.82) is 0 Å². The normalized spacial score (nSPS) is 10.7. The highest BCUT2D eigenvalue weighted by atomic mass is 19.3. The van der Waals surface area contributed by atoms with Crippen LogP contribution in [0.25, 0.3) is 0 Å². The van der Waals surface area contributed by atoms with Crippen LogP contribution in [0.3, 0.4) is 0 Å². The highest BCUT2D eigenvalue weighted by molar-refractivity contribution is 5.47. The predicted octanol–water partition coefficient (Wildman–Crippen LogP) is 4.47. The quantitative estimate of drug-likeness (QED) is 0.761. The van der Waals surface area contributed by atoms with Gasteiger partial charge in [-0.05, 0) is 30.5 Å². The van der Waals surface area contributed by atoms with Crippen LogP contribution in [0.5, 0.6) is 5.75 Å². The molecule has 0 aliphatic heterocycles. The Bertz CT molecular complexity index is 561. The Labute approximate surface area is 121 Å². The monoisotopic (exact) mass is 295 g/mol. The minimum absolute atomic E-state index is 0.445. The maximum Gasteiger partial charge on any atom is 0.387 e. The average Bonchev–Trinajstić information content (AvgIpc) is 2.47. The lowest BCUT2D eigenvalue weighted by Crippen LogP contribution is -2.06. The van der Waals surface area contributed by atoms with Crippen molar-refractivity contribution in [3.63, 3.8) is 0 Å². The molecule has 5 heteroatoms. The van der Waals surface area contributed by atoms with Crippen LogP contribution in [0, 0.1) is 5.82 Å². The van der Waals surface area contributed by atoms with Crippen LogP contribution in [0.2, 0.25) is 0 Å². The predicted molar refractivity (Wildman–Crippen MR) is 76.3 cm³/mol. The fourth-order valence-corrected chi connectivity index (χ4v) is 1.97. The molecule has 0 heterocycles. The molecule has 0 aromatic heterocycles. The second kappa shape index (κ2) is 7.57. The van der Waals surface area contributed by atoms with Gasteiger partial charge in [-0.3, -0.25) is 0 Å². The zero-order valence-electron chi connectivity index (χ0n) is 11.4. The van der Waals surface area contributed by atoms with Crippen LogP contribution in [-0.4, -0.2) is 13.2 Å². The Balaban J connectivity index is 1.79. The highest BCUT2D eigenvalue weighted by Crippen LogP contribution is 2.22. The van der Waals surface area contributed by atoms with E-state index in [9.17, 15) is 13.2 Å². The largest absolute Gasteiger partial charge is 0.432 e. The van der Waals surface area contributed by atoms with Crippen LogP contribution < -0.4 is 10.1 Å². The number of rotatable bonds is 7. The Morgan fingerprint density at radius 3 is 2.48 bits per heavy atom. The Morgan fingerprint density at radius 1 is 1.05 bits per heavy atom. The van der Waals surface area contributed by atoms with Gasteiger partial charge in [0.2, 0.25) is 0 Å². The standard InChI is InChI=1S/C16H16F3NO/c17-14-11-13(8-9-15(14)21-16(18)19)20-10-4-7-12-5-2-1-3-6-12/h1-3,5-6,8-9,11,16,20H,4,7,10H2. The van der Waals surface area contributed by atoms with Gasteiger partial charge in [0.05, 0.1) is 0 Å². The summed E-state index contributed by atoms with van der Waals surface area (Å²) in [6.07, 6.45) is 1.81. The summed E-state index contributed by atoms with van der Waals surface area (Å²) in [5.74, 6) is -1.25. The number of benzene rings is 2. The number of alkyl halides is 2. The number of halogens is 3. The molecule has 0 spiro atoms. The van der Waals surface area contributed by atoms with Gasteiger partial charge in [-0.25, -0.2) is 4.39 Å². The summed E-state index contributed by atoms with van der Waals surface area (Å²) >= 11 is 0. The van der Waals surface area contributed by atoms with E-state index in [0.29, 0.717) is 12.2 Å². The van der Waals surface area contributed by atoms with Crippen LogP contribution in [0.4, 0.5) is 18.9 Å². The van der Waals surface area contributed by atoms with Gasteiger partial charge in [-0.15, -0.1) is 0 Å². The van der Waals surface area contributed by atoms with Crippen molar-refractivity contribution >= 4 is 5.69 Å². The molecule has 21 heavy (non-hydrogen) atoms. The molecule has 1 N–H and O–H groups in total. The molecule has 0 bridgehead atoms. The molecule has 0 atom stereocenters. The Hall–Kier alpha value is -2.17. The summed E-state index contributed by atoms with van der Waals surface area (Å²) in [6.45, 7) is -2.35. The number of anilines is 1. The summed E-state index contributed by atoms with van der Waals surface area (Å²) in [7, 11) is 0. The molecule has 0 aliphatic rings. The minimum Gasteiger partial charge on any atom is -0.432 e. The molecule has 0 unspecified atom stereocenters. The van der Waals surface area contributed by atoms with E-state index in [4.69, 9.17) is 0 Å². The molecule has 0 saturated carbocycles. The van der Waals surface area contributed by atoms with E-state index in [1.807, 2.05) is 18.2 Å². The zero-order valence-corrected chi connectivity index (χ0v) is 11.4. The van der Waals surface area contributed by atoms with Gasteiger partial charge in [0.25, 0.3) is 0 Å². The first-order valence-electron chi connectivity index (χ1n) is 6.67. The lowest BCUT2D eigenvalue weighted by Gasteiger charge is -2.09. The maximum absolute atomic E-state index is 13.5. The van der Waals surface area contributed by atoms with Gasteiger partial charge in [0.1, 0.15) is 0 Å². The van der Waals surface area contributed by atoms with Gasteiger partial charge in [-0.2, -0.15) is 8.78 Å². The molecule has 0 saturated heterocycles. The summed E-state index contributed by atoms with van der Waals surface area (Å²) in [5.41, 5.74) is 1.79. The number of ether oxygens (including phenoxy) is 1. The lowest BCUT2D eigenvalue weighted by molar-refractivity contribution is -0.0521. The van der Waals surface area contributed by atoms with E-state index < -0.39 is 18.2 Å².